The van der Waals surface area contributed by atoms with Crippen LogP contribution in [-0.2, 0) is 6.42 Å². The highest BCUT2D eigenvalue weighted by Crippen LogP contribution is 2.21. The third-order valence-electron chi connectivity index (χ3n) is 1.60. The van der Waals surface area contributed by atoms with Crippen molar-refractivity contribution in [2.45, 2.75) is 13.3 Å². The molecule has 1 N–H and O–H groups in total. The van der Waals surface area contributed by atoms with Crippen molar-refractivity contribution in [3.05, 3.63) is 23.5 Å². The van der Waals surface area contributed by atoms with Crippen molar-refractivity contribution >= 4 is 11.3 Å². The highest BCUT2D eigenvalue weighted by molar-refractivity contribution is 7.14. The average Bonchev–Trinajstić information content (AvgIpc) is 2.75. The summed E-state index contributed by atoms with van der Waals surface area (Å²) in [5, 5.41) is 0.969. The standard InChI is InChI=1S/C8H9N3S/c1-2-6-5-11-8(12-6)7-9-3-4-10-7/h3-5H,2H2,1H3,(H,9,10). The van der Waals surface area contributed by atoms with Crippen molar-refractivity contribution in [3.8, 4) is 10.8 Å². The second-order valence-corrected chi connectivity index (χ2v) is 3.54. The van der Waals surface area contributed by atoms with E-state index in [2.05, 4.69) is 21.9 Å². The normalized spacial score (nSPS) is 10.4. The van der Waals surface area contributed by atoms with Gasteiger partial charge in [-0.25, -0.2) is 9.97 Å². The molecule has 0 bridgehead atoms. The number of H-pyrrole nitrogens is 1. The molecule has 0 saturated carbocycles. The molecular weight excluding hydrogens is 170 g/mol. The zero-order chi connectivity index (χ0) is 8.39. The summed E-state index contributed by atoms with van der Waals surface area (Å²) in [5.74, 6) is 0.861. The quantitative estimate of drug-likeness (QED) is 0.767. The van der Waals surface area contributed by atoms with E-state index < -0.39 is 0 Å². The molecule has 2 aromatic rings. The summed E-state index contributed by atoms with van der Waals surface area (Å²) in [5.41, 5.74) is 0. The van der Waals surface area contributed by atoms with Crippen LogP contribution < -0.4 is 0 Å². The molecular formula is C8H9N3S. The molecule has 0 aliphatic heterocycles. The molecule has 0 aromatic carbocycles. The third kappa shape index (κ3) is 1.25. The van der Waals surface area contributed by atoms with Gasteiger partial charge in [-0.05, 0) is 6.42 Å². The van der Waals surface area contributed by atoms with Crippen molar-refractivity contribution in [1.82, 2.24) is 15.0 Å². The first-order valence-corrected chi connectivity index (χ1v) is 4.66. The highest BCUT2D eigenvalue weighted by Gasteiger charge is 2.04. The molecule has 0 aliphatic rings. The number of rotatable bonds is 2. The molecule has 62 valence electrons. The Morgan fingerprint density at radius 1 is 1.50 bits per heavy atom. The van der Waals surface area contributed by atoms with Crippen LogP contribution in [0.1, 0.15) is 11.8 Å². The lowest BCUT2D eigenvalue weighted by molar-refractivity contribution is 1.16. The highest BCUT2D eigenvalue weighted by atomic mass is 32.1. The van der Waals surface area contributed by atoms with Gasteiger partial charge in [0.2, 0.25) is 0 Å². The monoisotopic (exact) mass is 179 g/mol. The van der Waals surface area contributed by atoms with Crippen molar-refractivity contribution in [2.75, 3.05) is 0 Å². The van der Waals surface area contributed by atoms with Gasteiger partial charge in [-0.2, -0.15) is 0 Å². The Morgan fingerprint density at radius 2 is 2.42 bits per heavy atom. The smallest absolute Gasteiger partial charge is 0.166 e. The van der Waals surface area contributed by atoms with E-state index in [9.17, 15) is 0 Å². The predicted molar refractivity (Wildman–Crippen MR) is 49.1 cm³/mol. The Balaban J connectivity index is 2.35. The SMILES string of the molecule is CCc1cnc(-c2ncc[nH]2)s1. The second kappa shape index (κ2) is 3.06. The molecule has 0 amide bonds. The number of thiazole rings is 1. The minimum Gasteiger partial charge on any atom is -0.343 e. The van der Waals surface area contributed by atoms with Crippen molar-refractivity contribution in [1.29, 1.82) is 0 Å². The van der Waals surface area contributed by atoms with Crippen LogP contribution in [0.2, 0.25) is 0 Å². The summed E-state index contributed by atoms with van der Waals surface area (Å²) in [6, 6.07) is 0. The Labute approximate surface area is 74.5 Å². The fraction of sp³-hybridized carbons (Fsp3) is 0.250. The number of imidazole rings is 1. The summed E-state index contributed by atoms with van der Waals surface area (Å²) in [6.07, 6.45) is 6.49. The van der Waals surface area contributed by atoms with Crippen LogP contribution in [-0.4, -0.2) is 15.0 Å². The molecule has 0 saturated heterocycles. The van der Waals surface area contributed by atoms with Crippen LogP contribution in [0, 0.1) is 0 Å². The van der Waals surface area contributed by atoms with Gasteiger partial charge < -0.3 is 4.98 Å². The Hall–Kier alpha value is -1.16. The molecule has 0 fully saturated rings. The van der Waals surface area contributed by atoms with Gasteiger partial charge in [-0.1, -0.05) is 6.92 Å². The van der Waals surface area contributed by atoms with E-state index in [4.69, 9.17) is 0 Å². The van der Waals surface area contributed by atoms with Gasteiger partial charge in [-0.15, -0.1) is 11.3 Å². The van der Waals surface area contributed by atoms with Gasteiger partial charge in [0.1, 0.15) is 0 Å². The number of hydrogen-bond donors (Lipinski definition) is 1. The van der Waals surface area contributed by atoms with Crippen LogP contribution >= 0.6 is 11.3 Å². The molecule has 0 atom stereocenters. The zero-order valence-electron chi connectivity index (χ0n) is 6.74. The fourth-order valence-corrected chi connectivity index (χ4v) is 1.77. The number of aromatic amines is 1. The summed E-state index contributed by atoms with van der Waals surface area (Å²) in [6.45, 7) is 2.12. The zero-order valence-corrected chi connectivity index (χ0v) is 7.56. The number of nitrogens with one attached hydrogen (secondary N) is 1. The minimum absolute atomic E-state index is 0.861. The summed E-state index contributed by atoms with van der Waals surface area (Å²) in [7, 11) is 0. The first-order valence-electron chi connectivity index (χ1n) is 3.84. The van der Waals surface area contributed by atoms with Gasteiger partial charge in [0.25, 0.3) is 0 Å². The lowest BCUT2D eigenvalue weighted by Crippen LogP contribution is -1.75. The van der Waals surface area contributed by atoms with Crippen LogP contribution in [0.15, 0.2) is 18.6 Å². The topological polar surface area (TPSA) is 41.6 Å². The molecule has 12 heavy (non-hydrogen) atoms. The van der Waals surface area contributed by atoms with Crippen molar-refractivity contribution < 1.29 is 0 Å². The number of aromatic nitrogens is 3. The first-order chi connectivity index (χ1) is 5.90. The molecule has 0 aliphatic carbocycles. The maximum Gasteiger partial charge on any atom is 0.166 e. The summed E-state index contributed by atoms with van der Waals surface area (Å²) >= 11 is 1.69. The predicted octanol–water partition coefficient (Wildman–Crippen LogP) is 2.10. The van der Waals surface area contributed by atoms with Crippen LogP contribution in [0.5, 0.6) is 0 Å². The second-order valence-electron chi connectivity index (χ2n) is 2.42. The molecule has 2 heterocycles. The Bertz CT molecular complexity index is 350. The molecule has 0 spiro atoms. The molecule has 3 nitrogen and oxygen atoms in total. The average molecular weight is 179 g/mol. The van der Waals surface area contributed by atoms with E-state index in [1.165, 1.54) is 4.88 Å². The largest absolute Gasteiger partial charge is 0.343 e. The van der Waals surface area contributed by atoms with Gasteiger partial charge in [0.15, 0.2) is 10.8 Å². The fourth-order valence-electron chi connectivity index (χ4n) is 0.963. The van der Waals surface area contributed by atoms with Crippen LogP contribution in [0.25, 0.3) is 10.8 Å². The van der Waals surface area contributed by atoms with E-state index in [0.717, 1.165) is 17.3 Å². The van der Waals surface area contributed by atoms with Gasteiger partial charge in [-0.3, -0.25) is 0 Å². The van der Waals surface area contributed by atoms with E-state index in [0.29, 0.717) is 0 Å². The molecule has 4 heteroatoms. The van der Waals surface area contributed by atoms with Crippen molar-refractivity contribution in [2.24, 2.45) is 0 Å². The molecule has 2 rings (SSSR count). The summed E-state index contributed by atoms with van der Waals surface area (Å²) < 4.78 is 0. The van der Waals surface area contributed by atoms with Gasteiger partial charge in [0.05, 0.1) is 0 Å². The molecule has 0 unspecified atom stereocenters. The first kappa shape index (κ1) is 7.49. The Morgan fingerprint density at radius 3 is 3.00 bits per heavy atom. The van der Waals surface area contributed by atoms with E-state index in [-0.39, 0.29) is 0 Å². The summed E-state index contributed by atoms with van der Waals surface area (Å²) in [4.78, 5) is 12.7. The molecule has 0 radical (unpaired) electrons. The lowest BCUT2D eigenvalue weighted by atomic mass is 10.4. The van der Waals surface area contributed by atoms with Crippen LogP contribution in [0.4, 0.5) is 0 Å². The number of aryl methyl sites for hydroxylation is 1. The van der Waals surface area contributed by atoms with Crippen LogP contribution in [0.3, 0.4) is 0 Å². The maximum atomic E-state index is 4.25. The van der Waals surface area contributed by atoms with Crippen molar-refractivity contribution in [3.63, 3.8) is 0 Å². The van der Waals surface area contributed by atoms with Gasteiger partial charge in [0, 0.05) is 23.5 Å². The maximum absolute atomic E-state index is 4.25. The van der Waals surface area contributed by atoms with E-state index >= 15 is 0 Å². The third-order valence-corrected chi connectivity index (χ3v) is 2.75. The number of nitrogens with zero attached hydrogens (tertiary/aromatic N) is 2. The lowest BCUT2D eigenvalue weighted by Gasteiger charge is -1.85. The van der Waals surface area contributed by atoms with E-state index in [1.807, 2.05) is 12.4 Å². The van der Waals surface area contributed by atoms with E-state index in [1.54, 1.807) is 17.5 Å². The van der Waals surface area contributed by atoms with Gasteiger partial charge >= 0.3 is 0 Å². The molecule has 2 aromatic heterocycles. The Kier molecular flexibility index (Phi) is 1.91. The minimum atomic E-state index is 0.861. The number of hydrogen-bond acceptors (Lipinski definition) is 3.